The van der Waals surface area contributed by atoms with Gasteiger partial charge in [0.1, 0.15) is 22.3 Å². The van der Waals surface area contributed by atoms with Crippen LogP contribution in [0.3, 0.4) is 0 Å². The number of rotatable bonds is 5. The highest BCUT2D eigenvalue weighted by molar-refractivity contribution is 8.17. The average molecular weight is 486 g/mol. The third kappa shape index (κ3) is 5.05. The Balaban J connectivity index is 1.57. The summed E-state index contributed by atoms with van der Waals surface area (Å²) in [6, 6.07) is 5.47. The summed E-state index contributed by atoms with van der Waals surface area (Å²) in [4.78, 5) is 26.3. The first kappa shape index (κ1) is 23.7. The van der Waals surface area contributed by atoms with Gasteiger partial charge in [-0.15, -0.1) is 0 Å². The number of carbonyl (C=O) groups is 1. The van der Waals surface area contributed by atoms with Crippen molar-refractivity contribution in [3.63, 3.8) is 0 Å². The lowest BCUT2D eigenvalue weighted by Crippen LogP contribution is -2.43. The first-order chi connectivity index (χ1) is 16.4. The Morgan fingerprint density at radius 3 is 2.82 bits per heavy atom. The van der Waals surface area contributed by atoms with Crippen molar-refractivity contribution in [2.75, 3.05) is 30.4 Å². The van der Waals surface area contributed by atoms with E-state index in [0.29, 0.717) is 17.9 Å². The molecular weight excluding hydrogens is 460 g/mol. The molecule has 1 fully saturated rings. The second-order valence-corrected chi connectivity index (χ2v) is 8.93. The Bertz CT molecular complexity index is 1250. The molecule has 4 rings (SSSR count). The van der Waals surface area contributed by atoms with Crippen molar-refractivity contribution >= 4 is 45.1 Å². The van der Waals surface area contributed by atoms with Gasteiger partial charge in [-0.2, -0.15) is 0 Å². The van der Waals surface area contributed by atoms with Crippen LogP contribution in [0.4, 0.5) is 20.2 Å². The van der Waals surface area contributed by atoms with Gasteiger partial charge in [0.15, 0.2) is 0 Å². The van der Waals surface area contributed by atoms with Crippen LogP contribution in [0.15, 0.2) is 52.8 Å². The highest BCUT2D eigenvalue weighted by atomic mass is 32.2. The zero-order valence-corrected chi connectivity index (χ0v) is 19.3. The Kier molecular flexibility index (Phi) is 7.13. The van der Waals surface area contributed by atoms with E-state index in [1.54, 1.807) is 12.4 Å². The molecular formula is C23H25F2N7OS. The molecule has 1 amide bonds. The number of fused-ring (bicyclic) bond motifs is 1. The van der Waals surface area contributed by atoms with Gasteiger partial charge in [-0.05, 0) is 31.0 Å². The largest absolute Gasteiger partial charge is 0.393 e. The van der Waals surface area contributed by atoms with E-state index in [-0.39, 0.29) is 21.7 Å². The van der Waals surface area contributed by atoms with E-state index >= 15 is 0 Å². The van der Waals surface area contributed by atoms with E-state index in [0.717, 1.165) is 60.4 Å². The number of amides is 1. The predicted octanol–water partition coefficient (Wildman–Crippen LogP) is 3.32. The number of anilines is 2. The van der Waals surface area contributed by atoms with Crippen LogP contribution in [-0.4, -0.2) is 47.1 Å². The van der Waals surface area contributed by atoms with Gasteiger partial charge in [-0.1, -0.05) is 17.8 Å². The van der Waals surface area contributed by atoms with Gasteiger partial charge in [0.25, 0.3) is 5.91 Å². The number of aliphatic imine (C=N–C) groups is 1. The highest BCUT2D eigenvalue weighted by Crippen LogP contribution is 2.35. The predicted molar refractivity (Wildman–Crippen MR) is 133 cm³/mol. The van der Waals surface area contributed by atoms with Gasteiger partial charge in [0, 0.05) is 43.8 Å². The fourth-order valence-electron chi connectivity index (χ4n) is 3.99. The molecule has 2 aromatic heterocycles. The summed E-state index contributed by atoms with van der Waals surface area (Å²) < 4.78 is 28.3. The number of piperidine rings is 1. The number of halogens is 2. The monoisotopic (exact) mass is 485 g/mol. The number of hydrogen-bond acceptors (Lipinski definition) is 7. The Morgan fingerprint density at radius 2 is 2.12 bits per heavy atom. The van der Waals surface area contributed by atoms with Crippen LogP contribution in [0, 0.1) is 11.6 Å². The van der Waals surface area contributed by atoms with Crippen molar-refractivity contribution in [3.05, 3.63) is 65.0 Å². The second-order valence-electron chi connectivity index (χ2n) is 7.87. The van der Waals surface area contributed by atoms with Crippen LogP contribution < -0.4 is 21.7 Å². The third-order valence-electron chi connectivity index (χ3n) is 5.46. The quantitative estimate of drug-likeness (QED) is 0.250. The molecule has 1 unspecified atom stereocenters. The summed E-state index contributed by atoms with van der Waals surface area (Å²) in [5.41, 5.74) is 13.9. The summed E-state index contributed by atoms with van der Waals surface area (Å²) in [6.45, 7) is 1.46. The number of pyridine rings is 1. The molecule has 8 nitrogen and oxygen atoms in total. The van der Waals surface area contributed by atoms with E-state index in [2.05, 4.69) is 25.2 Å². The SMILES string of the molecule is CN=C(S/C(N)=C/C(=O)Nc1cnc2[nH]ccc2c1N1CCCC(N)C1)c1c(F)cccc1F. The Labute approximate surface area is 199 Å². The smallest absolute Gasteiger partial charge is 0.251 e. The number of nitrogens with two attached hydrogens (primary N) is 2. The van der Waals surface area contributed by atoms with E-state index in [1.807, 2.05) is 6.07 Å². The topological polar surface area (TPSA) is 125 Å². The fraction of sp³-hybridized carbons (Fsp3) is 0.261. The number of nitrogens with one attached hydrogen (secondary N) is 2. The number of aromatic nitrogens is 2. The Hall–Kier alpha value is -3.44. The minimum Gasteiger partial charge on any atom is -0.393 e. The first-order valence-electron chi connectivity index (χ1n) is 10.7. The molecule has 1 atom stereocenters. The zero-order valence-electron chi connectivity index (χ0n) is 18.5. The molecule has 1 aromatic carbocycles. The van der Waals surface area contributed by atoms with Crippen LogP contribution >= 0.6 is 11.8 Å². The summed E-state index contributed by atoms with van der Waals surface area (Å²) in [5, 5.41) is 3.75. The van der Waals surface area contributed by atoms with E-state index in [4.69, 9.17) is 11.5 Å². The van der Waals surface area contributed by atoms with Crippen molar-refractivity contribution in [2.24, 2.45) is 16.5 Å². The molecule has 0 radical (unpaired) electrons. The lowest BCUT2D eigenvalue weighted by atomic mass is 10.0. The molecule has 0 bridgehead atoms. The van der Waals surface area contributed by atoms with Crippen molar-refractivity contribution in [2.45, 2.75) is 18.9 Å². The van der Waals surface area contributed by atoms with E-state index in [1.165, 1.54) is 13.1 Å². The van der Waals surface area contributed by atoms with Crippen molar-refractivity contribution in [3.8, 4) is 0 Å². The van der Waals surface area contributed by atoms with Gasteiger partial charge in [-0.3, -0.25) is 9.79 Å². The average Bonchev–Trinajstić information content (AvgIpc) is 3.26. The van der Waals surface area contributed by atoms with Crippen molar-refractivity contribution in [1.82, 2.24) is 9.97 Å². The maximum absolute atomic E-state index is 14.1. The lowest BCUT2D eigenvalue weighted by molar-refractivity contribution is -0.111. The van der Waals surface area contributed by atoms with Crippen molar-refractivity contribution in [1.29, 1.82) is 0 Å². The second kappa shape index (κ2) is 10.2. The number of benzene rings is 1. The zero-order chi connectivity index (χ0) is 24.2. The van der Waals surface area contributed by atoms with Crippen LogP contribution in [0.1, 0.15) is 18.4 Å². The molecule has 1 saturated heterocycles. The minimum atomic E-state index is -0.763. The molecule has 1 aliphatic heterocycles. The molecule has 178 valence electrons. The number of carbonyl (C=O) groups excluding carboxylic acids is 1. The molecule has 3 aromatic rings. The highest BCUT2D eigenvalue weighted by Gasteiger charge is 2.23. The van der Waals surface area contributed by atoms with Gasteiger partial charge >= 0.3 is 0 Å². The number of aromatic amines is 1. The maximum atomic E-state index is 14.1. The van der Waals surface area contributed by atoms with Gasteiger partial charge in [0.2, 0.25) is 0 Å². The third-order valence-corrected chi connectivity index (χ3v) is 6.39. The van der Waals surface area contributed by atoms with Crippen LogP contribution in [0.2, 0.25) is 0 Å². The first-order valence-corrected chi connectivity index (χ1v) is 11.5. The number of H-pyrrole nitrogens is 1. The molecule has 34 heavy (non-hydrogen) atoms. The number of thioether (sulfide) groups is 1. The number of nitrogens with zero attached hydrogens (tertiary/aromatic N) is 3. The molecule has 0 aliphatic carbocycles. The molecule has 0 spiro atoms. The minimum absolute atomic E-state index is 0.0237. The van der Waals surface area contributed by atoms with Crippen molar-refractivity contribution < 1.29 is 13.6 Å². The number of hydrogen-bond donors (Lipinski definition) is 4. The summed E-state index contributed by atoms with van der Waals surface area (Å²) >= 11 is 0.802. The fourth-order valence-corrected chi connectivity index (χ4v) is 4.77. The molecule has 1 aliphatic rings. The molecule has 11 heteroatoms. The van der Waals surface area contributed by atoms with Gasteiger partial charge in [0.05, 0.1) is 28.2 Å². The standard InChI is InChI=1S/C23H25F2N7OS/c1-28-23(20-15(24)5-2-6-16(20)25)34-18(27)10-19(33)31-17-11-30-22-14(7-8-29-22)21(17)32-9-3-4-13(26)12-32/h2,5-8,10-11,13H,3-4,9,12,26-27H2,1H3,(H,29,30)(H,31,33)/b18-10+,28-23?. The van der Waals surface area contributed by atoms with Crippen LogP contribution in [-0.2, 0) is 4.79 Å². The normalized spacial score (nSPS) is 17.3. The van der Waals surface area contributed by atoms with Crippen LogP contribution in [0.25, 0.3) is 11.0 Å². The lowest BCUT2D eigenvalue weighted by Gasteiger charge is -2.34. The summed E-state index contributed by atoms with van der Waals surface area (Å²) in [6.07, 6.45) is 6.41. The van der Waals surface area contributed by atoms with E-state index in [9.17, 15) is 13.6 Å². The van der Waals surface area contributed by atoms with Gasteiger partial charge in [-0.25, -0.2) is 13.8 Å². The Morgan fingerprint density at radius 1 is 1.35 bits per heavy atom. The molecule has 6 N–H and O–H groups in total. The summed E-state index contributed by atoms with van der Waals surface area (Å²) in [5.74, 6) is -2.03. The molecule has 0 saturated carbocycles. The van der Waals surface area contributed by atoms with Gasteiger partial charge < -0.3 is 26.7 Å². The maximum Gasteiger partial charge on any atom is 0.251 e. The molecule has 3 heterocycles. The van der Waals surface area contributed by atoms with Crippen LogP contribution in [0.5, 0.6) is 0 Å². The van der Waals surface area contributed by atoms with E-state index < -0.39 is 17.5 Å². The summed E-state index contributed by atoms with van der Waals surface area (Å²) in [7, 11) is 1.40.